The van der Waals surface area contributed by atoms with Crippen LogP contribution in [-0.4, -0.2) is 35.0 Å². The Kier molecular flexibility index (Phi) is 3.32. The molecule has 0 bridgehead atoms. The third-order valence-corrected chi connectivity index (χ3v) is 1.02. The first-order valence-corrected chi connectivity index (χ1v) is 3.05. The van der Waals surface area contributed by atoms with Crippen LogP contribution in [0.3, 0.4) is 0 Å². The molecule has 0 aromatic rings. The molecule has 0 radical (unpaired) electrons. The predicted molar refractivity (Wildman–Crippen MR) is 34.3 cm³/mol. The first kappa shape index (κ1) is 9.39. The van der Waals surface area contributed by atoms with Crippen molar-refractivity contribution < 1.29 is 19.7 Å². The van der Waals surface area contributed by atoms with Crippen LogP contribution in [0.15, 0.2) is 0 Å². The highest BCUT2D eigenvalue weighted by atomic mass is 16.6. The van der Waals surface area contributed by atoms with Crippen molar-refractivity contribution in [2.24, 2.45) is 0 Å². The van der Waals surface area contributed by atoms with Crippen molar-refractivity contribution >= 4 is 5.97 Å². The lowest BCUT2D eigenvalue weighted by molar-refractivity contribution is -0.166. The summed E-state index contributed by atoms with van der Waals surface area (Å²) in [7, 11) is 0. The lowest BCUT2D eigenvalue weighted by atomic mass is 10.1. The summed E-state index contributed by atoms with van der Waals surface area (Å²) in [5.74, 6) is -0.794. The number of hydrogen-bond donors (Lipinski definition) is 2. The highest BCUT2D eigenvalue weighted by Crippen LogP contribution is 2.03. The fourth-order valence-corrected chi connectivity index (χ4v) is 0.351. The molecule has 0 aliphatic carbocycles. The van der Waals surface area contributed by atoms with Gasteiger partial charge < -0.3 is 14.9 Å². The van der Waals surface area contributed by atoms with Gasteiger partial charge in [0.1, 0.15) is 0 Å². The van der Waals surface area contributed by atoms with Gasteiger partial charge in [-0.1, -0.05) is 0 Å². The molecule has 0 aromatic carbocycles. The zero-order valence-corrected chi connectivity index (χ0v) is 6.13. The molecule has 60 valence electrons. The molecule has 0 saturated carbocycles. The Morgan fingerprint density at radius 2 is 2.20 bits per heavy atom. The van der Waals surface area contributed by atoms with Crippen LogP contribution < -0.4 is 0 Å². The number of carbonyl (C=O) groups is 1. The Bertz CT molecular complexity index is 119. The first-order chi connectivity index (χ1) is 4.54. The largest absolute Gasteiger partial charge is 0.464 e. The minimum atomic E-state index is -1.75. The Hall–Kier alpha value is -0.610. The van der Waals surface area contributed by atoms with Crippen molar-refractivity contribution in [2.45, 2.75) is 19.4 Å². The zero-order valence-electron chi connectivity index (χ0n) is 6.13. The van der Waals surface area contributed by atoms with Crippen LogP contribution in [0.1, 0.15) is 13.8 Å². The van der Waals surface area contributed by atoms with Crippen molar-refractivity contribution in [3.63, 3.8) is 0 Å². The summed E-state index contributed by atoms with van der Waals surface area (Å²) < 4.78 is 4.45. The highest BCUT2D eigenvalue weighted by Gasteiger charge is 2.30. The van der Waals surface area contributed by atoms with Gasteiger partial charge in [0, 0.05) is 0 Å². The summed E-state index contributed by atoms with van der Waals surface area (Å²) in [5.41, 5.74) is -1.75. The van der Waals surface area contributed by atoms with E-state index in [1.807, 2.05) is 0 Å². The van der Waals surface area contributed by atoms with E-state index in [1.165, 1.54) is 6.92 Å². The summed E-state index contributed by atoms with van der Waals surface area (Å²) in [4.78, 5) is 10.7. The van der Waals surface area contributed by atoms with Crippen LogP contribution in [0.4, 0.5) is 0 Å². The number of esters is 1. The van der Waals surface area contributed by atoms with Crippen molar-refractivity contribution in [1.29, 1.82) is 0 Å². The number of aliphatic hydroxyl groups excluding tert-OH is 1. The van der Waals surface area contributed by atoms with Crippen molar-refractivity contribution in [3.05, 3.63) is 0 Å². The van der Waals surface area contributed by atoms with Crippen LogP contribution >= 0.6 is 0 Å². The minimum Gasteiger partial charge on any atom is -0.464 e. The van der Waals surface area contributed by atoms with Gasteiger partial charge in [0.15, 0.2) is 5.60 Å². The molecule has 0 aliphatic rings. The molecule has 1 atom stereocenters. The summed E-state index contributed by atoms with van der Waals surface area (Å²) in [6.45, 7) is 2.41. The average Bonchev–Trinajstić information content (AvgIpc) is 1.89. The van der Waals surface area contributed by atoms with E-state index in [4.69, 9.17) is 10.2 Å². The van der Waals surface area contributed by atoms with E-state index >= 15 is 0 Å². The molecule has 2 N–H and O–H groups in total. The van der Waals surface area contributed by atoms with Gasteiger partial charge in [-0.15, -0.1) is 0 Å². The van der Waals surface area contributed by atoms with Gasteiger partial charge in [0.2, 0.25) is 0 Å². The maximum atomic E-state index is 10.7. The van der Waals surface area contributed by atoms with Crippen molar-refractivity contribution in [3.8, 4) is 0 Å². The molecular formula is C6H12O4. The van der Waals surface area contributed by atoms with E-state index in [1.54, 1.807) is 6.92 Å². The molecule has 0 fully saturated rings. The number of rotatable bonds is 3. The van der Waals surface area contributed by atoms with Crippen LogP contribution in [-0.2, 0) is 9.53 Å². The maximum Gasteiger partial charge on any atom is 0.340 e. The fourth-order valence-electron chi connectivity index (χ4n) is 0.351. The maximum absolute atomic E-state index is 10.7. The SMILES string of the molecule is CCOC(=O)C(C)(O)CO. The van der Waals surface area contributed by atoms with E-state index < -0.39 is 18.2 Å². The van der Waals surface area contributed by atoms with Gasteiger partial charge in [-0.25, -0.2) is 4.79 Å². The summed E-state index contributed by atoms with van der Waals surface area (Å²) in [5, 5.41) is 17.4. The van der Waals surface area contributed by atoms with Gasteiger partial charge in [-0.2, -0.15) is 0 Å². The Balaban J connectivity index is 3.91. The first-order valence-electron chi connectivity index (χ1n) is 3.05. The molecule has 0 aliphatic heterocycles. The Morgan fingerprint density at radius 1 is 1.70 bits per heavy atom. The molecule has 1 unspecified atom stereocenters. The van der Waals surface area contributed by atoms with Gasteiger partial charge in [-0.3, -0.25) is 0 Å². The van der Waals surface area contributed by atoms with Gasteiger partial charge in [0.25, 0.3) is 0 Å². The van der Waals surface area contributed by atoms with Crippen molar-refractivity contribution in [2.75, 3.05) is 13.2 Å². The molecule has 0 spiro atoms. The number of aliphatic hydroxyl groups is 2. The van der Waals surface area contributed by atoms with Gasteiger partial charge in [0.05, 0.1) is 13.2 Å². The molecule has 0 amide bonds. The van der Waals surface area contributed by atoms with Crippen LogP contribution in [0.2, 0.25) is 0 Å². The molecule has 0 saturated heterocycles. The van der Waals surface area contributed by atoms with Gasteiger partial charge >= 0.3 is 5.97 Å². The van der Waals surface area contributed by atoms with Crippen molar-refractivity contribution in [1.82, 2.24) is 0 Å². The van der Waals surface area contributed by atoms with E-state index in [9.17, 15) is 4.79 Å². The number of ether oxygens (including phenoxy) is 1. The Labute approximate surface area is 59.4 Å². The minimum absolute atomic E-state index is 0.203. The molecule has 4 heteroatoms. The van der Waals surface area contributed by atoms with Crippen LogP contribution in [0.25, 0.3) is 0 Å². The second-order valence-corrected chi connectivity index (χ2v) is 2.15. The standard InChI is InChI=1S/C6H12O4/c1-3-10-5(8)6(2,9)4-7/h7,9H,3-4H2,1-2H3. The van der Waals surface area contributed by atoms with E-state index in [0.717, 1.165) is 0 Å². The zero-order chi connectivity index (χ0) is 8.20. The quantitative estimate of drug-likeness (QED) is 0.519. The predicted octanol–water partition coefficient (Wildman–Crippen LogP) is -0.707. The molecule has 0 aromatic heterocycles. The average molecular weight is 148 g/mol. The smallest absolute Gasteiger partial charge is 0.340 e. The normalized spacial score (nSPS) is 16.0. The third-order valence-electron chi connectivity index (χ3n) is 1.02. The lowest BCUT2D eigenvalue weighted by Crippen LogP contribution is -2.40. The summed E-state index contributed by atoms with van der Waals surface area (Å²) in [6, 6.07) is 0. The lowest BCUT2D eigenvalue weighted by Gasteiger charge is -2.17. The van der Waals surface area contributed by atoms with Crippen LogP contribution in [0, 0.1) is 0 Å². The highest BCUT2D eigenvalue weighted by molar-refractivity contribution is 5.78. The molecule has 0 heterocycles. The topological polar surface area (TPSA) is 66.8 Å². The van der Waals surface area contributed by atoms with Crippen LogP contribution in [0.5, 0.6) is 0 Å². The van der Waals surface area contributed by atoms with E-state index in [-0.39, 0.29) is 6.61 Å². The number of hydrogen-bond acceptors (Lipinski definition) is 4. The summed E-state index contributed by atoms with van der Waals surface area (Å²) in [6.07, 6.45) is 0. The van der Waals surface area contributed by atoms with E-state index in [2.05, 4.69) is 4.74 Å². The monoisotopic (exact) mass is 148 g/mol. The Morgan fingerprint density at radius 3 is 2.50 bits per heavy atom. The molecule has 4 nitrogen and oxygen atoms in total. The fraction of sp³-hybridized carbons (Fsp3) is 0.833. The second kappa shape index (κ2) is 3.53. The van der Waals surface area contributed by atoms with Gasteiger partial charge in [-0.05, 0) is 13.8 Å². The second-order valence-electron chi connectivity index (χ2n) is 2.15. The molecular weight excluding hydrogens is 136 g/mol. The van der Waals surface area contributed by atoms with E-state index in [0.29, 0.717) is 0 Å². The summed E-state index contributed by atoms with van der Waals surface area (Å²) >= 11 is 0. The third kappa shape index (κ3) is 2.33. The molecule has 0 rings (SSSR count). The number of carbonyl (C=O) groups excluding carboxylic acids is 1. The molecule has 10 heavy (non-hydrogen) atoms.